The summed E-state index contributed by atoms with van der Waals surface area (Å²) in [4.78, 5) is 0. The van der Waals surface area contributed by atoms with Gasteiger partial charge in [0.25, 0.3) is 0 Å². The van der Waals surface area contributed by atoms with Crippen molar-refractivity contribution in [3.8, 4) is 0 Å². The lowest BCUT2D eigenvalue weighted by atomic mass is 10.2. The maximum Gasteiger partial charge on any atom is -0.00892 e. The molecule has 0 N–H and O–H groups in total. The Morgan fingerprint density at radius 3 is 2.00 bits per heavy atom. The quantitative estimate of drug-likeness (QED) is 0.454. The molecule has 0 heterocycles. The van der Waals surface area contributed by atoms with Crippen LogP contribution in [-0.2, 0) is 0 Å². The maximum absolute atomic E-state index is 3.52. The van der Waals surface area contributed by atoms with Gasteiger partial charge in [-0.3, -0.25) is 0 Å². The van der Waals surface area contributed by atoms with Crippen molar-refractivity contribution in [3.63, 3.8) is 0 Å². The van der Waals surface area contributed by atoms with Gasteiger partial charge in [-0.15, -0.1) is 0 Å². The van der Waals surface area contributed by atoms with Gasteiger partial charge in [-0.25, -0.2) is 0 Å². The Morgan fingerprint density at radius 2 is 2.00 bits per heavy atom. The van der Waals surface area contributed by atoms with Crippen LogP contribution in [0.4, 0.5) is 0 Å². The molecule has 2 radical (unpaired) electrons. The van der Waals surface area contributed by atoms with E-state index in [-0.39, 0.29) is 0 Å². The molecule has 0 saturated heterocycles. The van der Waals surface area contributed by atoms with Crippen LogP contribution in [0.2, 0.25) is 0 Å². The lowest BCUT2D eigenvalue weighted by molar-refractivity contribution is 1.21. The van der Waals surface area contributed by atoms with Crippen molar-refractivity contribution in [1.29, 1.82) is 0 Å². The fraction of sp³-hybridized carbons (Fsp3) is 0.333. The normalized spacial score (nSPS) is 11.3. The van der Waals surface area contributed by atoms with Crippen LogP contribution < -0.4 is 0 Å². The standard InChI is InChI=1S/C6H10/c1-4-5-6(2)3/h4-5H,1H2,2-3H3/b5-4+. The van der Waals surface area contributed by atoms with Crippen LogP contribution in [-0.4, -0.2) is 0 Å². The van der Waals surface area contributed by atoms with Gasteiger partial charge in [0, 0.05) is 0 Å². The molecule has 0 aliphatic carbocycles. The first-order valence-corrected chi connectivity index (χ1v) is 2.03. The van der Waals surface area contributed by atoms with Crippen molar-refractivity contribution < 1.29 is 0 Å². The van der Waals surface area contributed by atoms with Crippen LogP contribution in [0.15, 0.2) is 12.2 Å². The van der Waals surface area contributed by atoms with Gasteiger partial charge in [-0.1, -0.05) is 26.0 Å². The molecule has 0 aromatic carbocycles. The zero-order valence-electron chi connectivity index (χ0n) is 4.36. The molecular weight excluding hydrogens is 72.1 g/mol. The van der Waals surface area contributed by atoms with E-state index >= 15 is 0 Å². The molecule has 0 aromatic heterocycles. The van der Waals surface area contributed by atoms with Gasteiger partial charge >= 0.3 is 0 Å². The van der Waals surface area contributed by atoms with Gasteiger partial charge in [0.1, 0.15) is 0 Å². The summed E-state index contributed by atoms with van der Waals surface area (Å²) in [5, 5.41) is 0. The van der Waals surface area contributed by atoms with Crippen LogP contribution >= 0.6 is 0 Å². The van der Waals surface area contributed by atoms with E-state index in [1.165, 1.54) is 5.92 Å². The third-order valence-corrected chi connectivity index (χ3v) is 0.451. The predicted octanol–water partition coefficient (Wildman–Crippen LogP) is 1.99. The average Bonchev–Trinajstić information content (AvgIpc) is 1.35. The highest BCUT2D eigenvalue weighted by Crippen LogP contribution is 1.93. The molecule has 0 atom stereocenters. The molecule has 0 aromatic rings. The first-order valence-electron chi connectivity index (χ1n) is 2.03. The summed E-state index contributed by atoms with van der Waals surface area (Å²) in [5.41, 5.74) is 0. The lowest BCUT2D eigenvalue weighted by Gasteiger charge is -1.85. The Hall–Kier alpha value is -0.260. The number of rotatable bonds is 1. The van der Waals surface area contributed by atoms with Gasteiger partial charge in [0.15, 0.2) is 0 Å². The average molecular weight is 82.1 g/mol. The molecule has 0 saturated carbocycles. The third-order valence-electron chi connectivity index (χ3n) is 0.451. The van der Waals surface area contributed by atoms with Crippen molar-refractivity contribution in [2.75, 3.05) is 0 Å². The number of hydrogen-bond donors (Lipinski definition) is 0. The Morgan fingerprint density at radius 1 is 1.50 bits per heavy atom. The molecule has 34 valence electrons. The van der Waals surface area contributed by atoms with Crippen molar-refractivity contribution >= 4 is 0 Å². The van der Waals surface area contributed by atoms with Crippen molar-refractivity contribution in [3.05, 3.63) is 25.0 Å². The molecule has 0 heteroatoms. The number of hydrogen-bond acceptors (Lipinski definition) is 0. The van der Waals surface area contributed by atoms with Gasteiger partial charge in [-0.2, -0.15) is 0 Å². The van der Waals surface area contributed by atoms with E-state index in [9.17, 15) is 0 Å². The second-order valence-electron chi connectivity index (χ2n) is 1.48. The Labute approximate surface area is 39.9 Å². The molecular formula is C6H10. The van der Waals surface area contributed by atoms with Gasteiger partial charge < -0.3 is 0 Å². The first-order chi connectivity index (χ1) is 2.77. The predicted molar refractivity (Wildman–Crippen MR) is 29.1 cm³/mol. The molecule has 0 aliphatic rings. The summed E-state index contributed by atoms with van der Waals surface area (Å²) in [6, 6.07) is 0. The molecule has 0 rings (SSSR count). The van der Waals surface area contributed by atoms with E-state index in [1.54, 1.807) is 6.08 Å². The summed E-state index contributed by atoms with van der Waals surface area (Å²) in [6.07, 6.45) is 3.76. The second-order valence-corrected chi connectivity index (χ2v) is 1.48. The van der Waals surface area contributed by atoms with Crippen LogP contribution in [0.5, 0.6) is 0 Å². The van der Waals surface area contributed by atoms with E-state index in [4.69, 9.17) is 0 Å². The summed E-state index contributed by atoms with van der Waals surface area (Å²) in [5.74, 6) is 1.30. The van der Waals surface area contributed by atoms with E-state index < -0.39 is 0 Å². The van der Waals surface area contributed by atoms with Crippen LogP contribution in [0.1, 0.15) is 13.8 Å². The number of allylic oxidation sites excluding steroid dienone is 2. The van der Waals surface area contributed by atoms with Gasteiger partial charge in [0.05, 0.1) is 0 Å². The SMILES string of the molecule is [CH2]/C=C/[C](C)C. The largest absolute Gasteiger partial charge is 0.0877 e. The fourth-order valence-corrected chi connectivity index (χ4v) is 0.236. The highest BCUT2D eigenvalue weighted by atomic mass is 13.8. The Kier molecular flexibility index (Phi) is 2.82. The Balaban J connectivity index is 3.03. The zero-order valence-corrected chi connectivity index (χ0v) is 4.36. The highest BCUT2D eigenvalue weighted by Gasteiger charge is 1.77. The smallest absolute Gasteiger partial charge is 0.00892 e. The van der Waals surface area contributed by atoms with E-state index in [2.05, 4.69) is 6.92 Å². The molecule has 0 nitrogen and oxygen atoms in total. The molecule has 0 aliphatic heterocycles. The molecule has 0 spiro atoms. The third kappa shape index (κ3) is 3.74. The van der Waals surface area contributed by atoms with Gasteiger partial charge in [-0.05, 0) is 12.8 Å². The second kappa shape index (κ2) is 2.95. The molecule has 0 amide bonds. The van der Waals surface area contributed by atoms with E-state index in [1.807, 2.05) is 19.9 Å². The van der Waals surface area contributed by atoms with Crippen molar-refractivity contribution in [2.24, 2.45) is 0 Å². The van der Waals surface area contributed by atoms with Crippen molar-refractivity contribution in [1.82, 2.24) is 0 Å². The summed E-state index contributed by atoms with van der Waals surface area (Å²) >= 11 is 0. The monoisotopic (exact) mass is 82.1 g/mol. The highest BCUT2D eigenvalue weighted by molar-refractivity contribution is 5.04. The minimum absolute atomic E-state index is 1.30. The van der Waals surface area contributed by atoms with Gasteiger partial charge in [0.2, 0.25) is 0 Å². The molecule has 6 heavy (non-hydrogen) atoms. The zero-order chi connectivity index (χ0) is 4.99. The summed E-state index contributed by atoms with van der Waals surface area (Å²) in [6.45, 7) is 7.61. The topological polar surface area (TPSA) is 0 Å². The van der Waals surface area contributed by atoms with Crippen LogP contribution in [0.3, 0.4) is 0 Å². The minimum atomic E-state index is 1.30. The molecule has 0 unspecified atom stereocenters. The van der Waals surface area contributed by atoms with E-state index in [0.717, 1.165) is 0 Å². The first kappa shape index (κ1) is 5.74. The lowest BCUT2D eigenvalue weighted by Crippen LogP contribution is -1.69. The summed E-state index contributed by atoms with van der Waals surface area (Å²) in [7, 11) is 0. The molecule has 0 fully saturated rings. The fourth-order valence-electron chi connectivity index (χ4n) is 0.236. The maximum atomic E-state index is 3.52. The van der Waals surface area contributed by atoms with Crippen LogP contribution in [0.25, 0.3) is 0 Å². The summed E-state index contributed by atoms with van der Waals surface area (Å²) < 4.78 is 0. The van der Waals surface area contributed by atoms with E-state index in [0.29, 0.717) is 0 Å². The van der Waals surface area contributed by atoms with Crippen LogP contribution in [0, 0.1) is 12.8 Å². The van der Waals surface area contributed by atoms with Crippen molar-refractivity contribution in [2.45, 2.75) is 13.8 Å². The molecule has 0 bridgehead atoms. The minimum Gasteiger partial charge on any atom is -0.0877 e. The Bertz CT molecular complexity index is 42.0.